The number of piperidine rings is 1. The summed E-state index contributed by atoms with van der Waals surface area (Å²) in [6, 6.07) is 9.05. The van der Waals surface area contributed by atoms with E-state index in [0.717, 1.165) is 12.3 Å². The van der Waals surface area contributed by atoms with Crippen molar-refractivity contribution >= 4 is 0 Å². The van der Waals surface area contributed by atoms with Gasteiger partial charge in [-0.1, -0.05) is 19.1 Å². The SMILES string of the molecule is CNC1CCN(Cc2cccc(OC)c2)CC1C. The smallest absolute Gasteiger partial charge is 0.119 e. The number of nitrogens with zero attached hydrogens (tertiary/aromatic N) is 1. The number of methoxy groups -OCH3 is 1. The van der Waals surface area contributed by atoms with E-state index >= 15 is 0 Å². The third kappa shape index (κ3) is 3.24. The largest absolute Gasteiger partial charge is 0.497 e. The first-order valence-corrected chi connectivity index (χ1v) is 6.75. The molecule has 1 saturated heterocycles. The number of hydrogen-bond donors (Lipinski definition) is 1. The molecular formula is C15H24N2O. The molecule has 0 bridgehead atoms. The third-order valence-corrected chi connectivity index (χ3v) is 3.90. The molecule has 100 valence electrons. The van der Waals surface area contributed by atoms with Gasteiger partial charge in [0.2, 0.25) is 0 Å². The second kappa shape index (κ2) is 6.21. The van der Waals surface area contributed by atoms with E-state index in [1.807, 2.05) is 6.07 Å². The van der Waals surface area contributed by atoms with Gasteiger partial charge in [-0.3, -0.25) is 4.90 Å². The van der Waals surface area contributed by atoms with Crippen LogP contribution in [-0.4, -0.2) is 38.2 Å². The number of rotatable bonds is 4. The van der Waals surface area contributed by atoms with E-state index in [4.69, 9.17) is 4.74 Å². The highest BCUT2D eigenvalue weighted by Crippen LogP contribution is 2.20. The Hall–Kier alpha value is -1.06. The van der Waals surface area contributed by atoms with Crippen LogP contribution in [0.25, 0.3) is 0 Å². The zero-order valence-corrected chi connectivity index (χ0v) is 11.6. The Kier molecular flexibility index (Phi) is 4.61. The normalized spacial score (nSPS) is 25.1. The summed E-state index contributed by atoms with van der Waals surface area (Å²) in [6.45, 7) is 5.70. The lowest BCUT2D eigenvalue weighted by atomic mass is 9.94. The highest BCUT2D eigenvalue weighted by Gasteiger charge is 2.24. The van der Waals surface area contributed by atoms with Crippen molar-refractivity contribution in [1.82, 2.24) is 10.2 Å². The Balaban J connectivity index is 1.93. The molecule has 1 aliphatic rings. The van der Waals surface area contributed by atoms with Gasteiger partial charge in [-0.25, -0.2) is 0 Å². The first-order valence-electron chi connectivity index (χ1n) is 6.75. The molecule has 18 heavy (non-hydrogen) atoms. The quantitative estimate of drug-likeness (QED) is 0.883. The van der Waals surface area contributed by atoms with E-state index in [1.54, 1.807) is 7.11 Å². The number of likely N-dealkylation sites (tertiary alicyclic amines) is 1. The van der Waals surface area contributed by atoms with E-state index in [2.05, 4.69) is 42.4 Å². The standard InChI is InChI=1S/C15H24N2O/c1-12-10-17(8-7-15(12)16-2)11-13-5-4-6-14(9-13)18-3/h4-6,9,12,15-16H,7-8,10-11H2,1-3H3. The second-order valence-electron chi connectivity index (χ2n) is 5.25. The van der Waals surface area contributed by atoms with Gasteiger partial charge in [0.05, 0.1) is 7.11 Å². The average Bonchev–Trinajstić information content (AvgIpc) is 2.39. The first-order chi connectivity index (χ1) is 8.72. The van der Waals surface area contributed by atoms with E-state index in [9.17, 15) is 0 Å². The summed E-state index contributed by atoms with van der Waals surface area (Å²) in [5.41, 5.74) is 1.34. The summed E-state index contributed by atoms with van der Waals surface area (Å²) in [4.78, 5) is 2.54. The van der Waals surface area contributed by atoms with Crippen LogP contribution < -0.4 is 10.1 Å². The fourth-order valence-electron chi connectivity index (χ4n) is 2.83. The molecule has 2 rings (SSSR count). The molecule has 1 aromatic carbocycles. The molecule has 1 aliphatic heterocycles. The average molecular weight is 248 g/mol. The zero-order chi connectivity index (χ0) is 13.0. The van der Waals surface area contributed by atoms with Gasteiger partial charge in [0.1, 0.15) is 5.75 Å². The van der Waals surface area contributed by atoms with Crippen LogP contribution in [0.3, 0.4) is 0 Å². The van der Waals surface area contributed by atoms with Crippen molar-refractivity contribution in [2.24, 2.45) is 5.92 Å². The van der Waals surface area contributed by atoms with Crippen molar-refractivity contribution in [3.8, 4) is 5.75 Å². The molecule has 0 saturated carbocycles. The minimum Gasteiger partial charge on any atom is -0.497 e. The van der Waals surface area contributed by atoms with Crippen LogP contribution in [0.2, 0.25) is 0 Å². The molecule has 1 fully saturated rings. The molecule has 0 spiro atoms. The number of benzene rings is 1. The van der Waals surface area contributed by atoms with Gasteiger partial charge in [0, 0.05) is 19.1 Å². The summed E-state index contributed by atoms with van der Waals surface area (Å²) in [7, 11) is 3.79. The van der Waals surface area contributed by atoms with Crippen LogP contribution in [0.4, 0.5) is 0 Å². The van der Waals surface area contributed by atoms with E-state index in [0.29, 0.717) is 12.0 Å². The van der Waals surface area contributed by atoms with E-state index < -0.39 is 0 Å². The Labute approximate surface area is 110 Å². The van der Waals surface area contributed by atoms with Gasteiger partial charge in [-0.05, 0) is 43.6 Å². The lowest BCUT2D eigenvalue weighted by molar-refractivity contribution is 0.145. The van der Waals surface area contributed by atoms with Crippen LogP contribution >= 0.6 is 0 Å². The fourth-order valence-corrected chi connectivity index (χ4v) is 2.83. The van der Waals surface area contributed by atoms with Gasteiger partial charge < -0.3 is 10.1 Å². The van der Waals surface area contributed by atoms with Gasteiger partial charge in [-0.15, -0.1) is 0 Å². The Morgan fingerprint density at radius 2 is 2.28 bits per heavy atom. The molecule has 0 aliphatic carbocycles. The first kappa shape index (κ1) is 13.4. The van der Waals surface area contributed by atoms with Gasteiger partial charge in [0.25, 0.3) is 0 Å². The van der Waals surface area contributed by atoms with Crippen molar-refractivity contribution in [1.29, 1.82) is 0 Å². The minimum atomic E-state index is 0.673. The van der Waals surface area contributed by atoms with Gasteiger partial charge >= 0.3 is 0 Å². The van der Waals surface area contributed by atoms with Gasteiger partial charge in [0.15, 0.2) is 0 Å². The van der Waals surface area contributed by atoms with Crippen LogP contribution in [0.1, 0.15) is 18.9 Å². The molecule has 0 amide bonds. The number of hydrogen-bond acceptors (Lipinski definition) is 3. The summed E-state index contributed by atoms with van der Waals surface area (Å²) in [5.74, 6) is 1.67. The summed E-state index contributed by atoms with van der Waals surface area (Å²) < 4.78 is 5.27. The maximum absolute atomic E-state index is 5.27. The van der Waals surface area contributed by atoms with Crippen LogP contribution in [0, 0.1) is 5.92 Å². The molecule has 3 heteroatoms. The lowest BCUT2D eigenvalue weighted by Gasteiger charge is -2.36. The Morgan fingerprint density at radius 1 is 1.44 bits per heavy atom. The number of ether oxygens (including phenoxy) is 1. The zero-order valence-electron chi connectivity index (χ0n) is 11.6. The minimum absolute atomic E-state index is 0.673. The third-order valence-electron chi connectivity index (χ3n) is 3.90. The van der Waals surface area contributed by atoms with Crippen molar-refractivity contribution < 1.29 is 4.74 Å². The summed E-state index contributed by atoms with van der Waals surface area (Å²) in [6.07, 6.45) is 1.24. The van der Waals surface area contributed by atoms with Crippen LogP contribution in [0.5, 0.6) is 5.75 Å². The molecule has 1 N–H and O–H groups in total. The maximum Gasteiger partial charge on any atom is 0.119 e. The highest BCUT2D eigenvalue weighted by molar-refractivity contribution is 5.28. The molecular weight excluding hydrogens is 224 g/mol. The molecule has 2 unspecified atom stereocenters. The van der Waals surface area contributed by atoms with E-state index in [-0.39, 0.29) is 0 Å². The molecule has 3 nitrogen and oxygen atoms in total. The Morgan fingerprint density at radius 3 is 2.94 bits per heavy atom. The monoisotopic (exact) mass is 248 g/mol. The molecule has 0 aromatic heterocycles. The summed E-state index contributed by atoms with van der Waals surface area (Å²) in [5, 5.41) is 3.41. The maximum atomic E-state index is 5.27. The van der Waals surface area contributed by atoms with Crippen molar-refractivity contribution in [2.45, 2.75) is 25.9 Å². The second-order valence-corrected chi connectivity index (χ2v) is 5.25. The van der Waals surface area contributed by atoms with Crippen molar-refractivity contribution in [3.05, 3.63) is 29.8 Å². The van der Waals surface area contributed by atoms with Crippen LogP contribution in [-0.2, 0) is 6.54 Å². The Bertz CT molecular complexity index is 381. The molecule has 1 heterocycles. The molecule has 2 atom stereocenters. The molecule has 1 aromatic rings. The van der Waals surface area contributed by atoms with Crippen molar-refractivity contribution in [2.75, 3.05) is 27.2 Å². The highest BCUT2D eigenvalue weighted by atomic mass is 16.5. The van der Waals surface area contributed by atoms with Gasteiger partial charge in [-0.2, -0.15) is 0 Å². The number of nitrogens with one attached hydrogen (secondary N) is 1. The summed E-state index contributed by atoms with van der Waals surface area (Å²) >= 11 is 0. The van der Waals surface area contributed by atoms with Crippen molar-refractivity contribution in [3.63, 3.8) is 0 Å². The van der Waals surface area contributed by atoms with E-state index in [1.165, 1.54) is 25.1 Å². The topological polar surface area (TPSA) is 24.5 Å². The lowest BCUT2D eigenvalue weighted by Crippen LogP contribution is -2.46. The van der Waals surface area contributed by atoms with Crippen LogP contribution in [0.15, 0.2) is 24.3 Å². The predicted molar refractivity (Wildman–Crippen MR) is 74.9 cm³/mol. The predicted octanol–water partition coefficient (Wildman–Crippen LogP) is 2.12. The molecule has 0 radical (unpaired) electrons. The fraction of sp³-hybridized carbons (Fsp3) is 0.600.